The number of hydrogen-bond donors (Lipinski definition) is 4. The van der Waals surface area contributed by atoms with Crippen LogP contribution in [0.3, 0.4) is 0 Å². The number of aromatic amines is 1. The van der Waals surface area contributed by atoms with Gasteiger partial charge in [-0.05, 0) is 69.9 Å². The molecule has 0 aliphatic carbocycles. The number of hydrogen-bond acceptors (Lipinski definition) is 6. The third-order valence-corrected chi connectivity index (χ3v) is 5.61. The minimum absolute atomic E-state index is 0.0393. The lowest BCUT2D eigenvalue weighted by atomic mass is 9.91. The highest BCUT2D eigenvalue weighted by atomic mass is 19.1. The van der Waals surface area contributed by atoms with Crippen LogP contribution in [0.25, 0.3) is 0 Å². The number of benzene rings is 1. The van der Waals surface area contributed by atoms with Crippen molar-refractivity contribution >= 4 is 17.7 Å². The molecule has 1 aliphatic rings. The Balaban J connectivity index is 1.52. The number of anilines is 2. The van der Waals surface area contributed by atoms with E-state index in [1.807, 2.05) is 0 Å². The topological polar surface area (TPSA) is 125 Å². The standard InChI is InChI=1S/C22H31FN6O3/c23-15-32-19-7-3-2-6-18(19)26-22(31)28-21-25-14-17(20(30)27-21)16-8-12-29(13-9-16)11-5-1-4-10-24/h2-3,6-7,14,16H,1,4-5,8-13,15,24H2,(H3,25,26,27,28,30,31). The molecule has 2 aromatic rings. The number of nitrogens with two attached hydrogens (primary N) is 1. The Morgan fingerprint density at radius 2 is 2.00 bits per heavy atom. The summed E-state index contributed by atoms with van der Waals surface area (Å²) in [6.07, 6.45) is 6.80. The fraction of sp³-hybridized carbons (Fsp3) is 0.500. The average molecular weight is 447 g/mol. The number of piperidine rings is 1. The second kappa shape index (κ2) is 12.2. The van der Waals surface area contributed by atoms with Crippen molar-refractivity contribution in [1.29, 1.82) is 0 Å². The summed E-state index contributed by atoms with van der Waals surface area (Å²) in [6.45, 7) is 2.71. The molecule has 32 heavy (non-hydrogen) atoms. The molecule has 1 saturated heterocycles. The number of likely N-dealkylation sites (tertiary alicyclic amines) is 1. The van der Waals surface area contributed by atoms with E-state index in [1.165, 1.54) is 6.07 Å². The van der Waals surface area contributed by atoms with Crippen molar-refractivity contribution in [2.24, 2.45) is 5.73 Å². The predicted molar refractivity (Wildman–Crippen MR) is 122 cm³/mol. The predicted octanol–water partition coefficient (Wildman–Crippen LogP) is 3.03. The van der Waals surface area contributed by atoms with Gasteiger partial charge in [-0.3, -0.25) is 10.1 Å². The first-order valence-corrected chi connectivity index (χ1v) is 11.0. The molecule has 0 spiro atoms. The van der Waals surface area contributed by atoms with E-state index in [-0.39, 0.29) is 23.2 Å². The minimum Gasteiger partial charge on any atom is -0.461 e. The average Bonchev–Trinajstić information content (AvgIpc) is 2.79. The Hall–Kier alpha value is -2.98. The fourth-order valence-corrected chi connectivity index (χ4v) is 3.90. The number of para-hydroxylation sites is 2. The van der Waals surface area contributed by atoms with E-state index >= 15 is 0 Å². The number of H-pyrrole nitrogens is 1. The smallest absolute Gasteiger partial charge is 0.326 e. The minimum atomic E-state index is -1.01. The molecule has 1 aliphatic heterocycles. The highest BCUT2D eigenvalue weighted by molar-refractivity contribution is 5.99. The fourth-order valence-electron chi connectivity index (χ4n) is 3.90. The summed E-state index contributed by atoms with van der Waals surface area (Å²) >= 11 is 0. The van der Waals surface area contributed by atoms with Crippen molar-refractivity contribution in [3.05, 3.63) is 46.4 Å². The van der Waals surface area contributed by atoms with Gasteiger partial charge in [0.15, 0.2) is 0 Å². The van der Waals surface area contributed by atoms with E-state index < -0.39 is 12.9 Å². The first-order valence-electron chi connectivity index (χ1n) is 11.0. The third-order valence-electron chi connectivity index (χ3n) is 5.61. The molecular formula is C22H31FN6O3. The molecule has 0 bridgehead atoms. The van der Waals surface area contributed by atoms with Gasteiger partial charge in [0.05, 0.1) is 5.69 Å². The quantitative estimate of drug-likeness (QED) is 0.416. The van der Waals surface area contributed by atoms with Crippen LogP contribution in [0.5, 0.6) is 5.75 Å². The van der Waals surface area contributed by atoms with Gasteiger partial charge in [-0.15, -0.1) is 0 Å². The van der Waals surface area contributed by atoms with E-state index in [2.05, 4.69) is 25.5 Å². The molecule has 1 fully saturated rings. The van der Waals surface area contributed by atoms with Crippen molar-refractivity contribution in [3.8, 4) is 5.75 Å². The molecule has 2 heterocycles. The second-order valence-corrected chi connectivity index (χ2v) is 7.80. The van der Waals surface area contributed by atoms with Crippen LogP contribution >= 0.6 is 0 Å². The number of halogens is 1. The summed E-state index contributed by atoms with van der Waals surface area (Å²) < 4.78 is 17.3. The zero-order valence-electron chi connectivity index (χ0n) is 18.1. The number of rotatable bonds is 10. The normalized spacial score (nSPS) is 14.8. The van der Waals surface area contributed by atoms with E-state index in [1.54, 1.807) is 24.4 Å². The highest BCUT2D eigenvalue weighted by Crippen LogP contribution is 2.26. The zero-order chi connectivity index (χ0) is 22.8. The summed E-state index contributed by atoms with van der Waals surface area (Å²) in [5, 5.41) is 5.04. The number of carbonyl (C=O) groups is 1. The number of unbranched alkanes of at least 4 members (excludes halogenated alkanes) is 2. The Morgan fingerprint density at radius 1 is 1.22 bits per heavy atom. The first kappa shape index (κ1) is 23.7. The van der Waals surface area contributed by atoms with Gasteiger partial charge in [0.25, 0.3) is 5.56 Å². The monoisotopic (exact) mass is 446 g/mol. The van der Waals surface area contributed by atoms with Crippen LogP contribution < -0.4 is 26.7 Å². The summed E-state index contributed by atoms with van der Waals surface area (Å²) in [5.41, 5.74) is 6.13. The summed E-state index contributed by atoms with van der Waals surface area (Å²) in [5.74, 6) is 0.393. The van der Waals surface area contributed by atoms with Gasteiger partial charge in [-0.25, -0.2) is 9.18 Å². The van der Waals surface area contributed by atoms with E-state index in [9.17, 15) is 14.0 Å². The van der Waals surface area contributed by atoms with Crippen LogP contribution in [0, 0.1) is 0 Å². The zero-order valence-corrected chi connectivity index (χ0v) is 18.1. The van der Waals surface area contributed by atoms with Crippen molar-refractivity contribution < 1.29 is 13.9 Å². The maximum atomic E-state index is 12.6. The molecule has 0 atom stereocenters. The molecule has 0 unspecified atom stereocenters. The van der Waals surface area contributed by atoms with Crippen molar-refractivity contribution in [2.75, 3.05) is 43.7 Å². The van der Waals surface area contributed by atoms with E-state index in [0.29, 0.717) is 11.3 Å². The number of nitrogens with zero attached hydrogens (tertiary/aromatic N) is 2. The van der Waals surface area contributed by atoms with Crippen LogP contribution in [0.4, 0.5) is 20.8 Å². The number of aromatic nitrogens is 2. The lowest BCUT2D eigenvalue weighted by molar-refractivity contribution is 0.192. The lowest BCUT2D eigenvalue weighted by Gasteiger charge is -2.31. The molecule has 1 aromatic heterocycles. The largest absolute Gasteiger partial charge is 0.461 e. The van der Waals surface area contributed by atoms with Gasteiger partial charge in [0, 0.05) is 11.8 Å². The molecule has 1 aromatic carbocycles. The number of alkyl halides is 1. The number of carbonyl (C=O) groups excluding carboxylic acids is 1. The number of amides is 2. The molecule has 174 valence electrons. The van der Waals surface area contributed by atoms with Crippen molar-refractivity contribution in [2.45, 2.75) is 38.0 Å². The van der Waals surface area contributed by atoms with Crippen LogP contribution in [-0.4, -0.2) is 53.9 Å². The Morgan fingerprint density at radius 3 is 2.72 bits per heavy atom. The molecule has 0 saturated carbocycles. The maximum absolute atomic E-state index is 12.6. The van der Waals surface area contributed by atoms with Gasteiger partial charge >= 0.3 is 6.03 Å². The first-order chi connectivity index (χ1) is 15.6. The van der Waals surface area contributed by atoms with E-state index in [0.717, 1.165) is 58.3 Å². The SMILES string of the molecule is NCCCCCN1CCC(c2c[nH]c(NC(=O)Nc3ccccc3OCF)nc2=O)CC1. The Bertz CT molecular complexity index is 930. The Labute approximate surface area is 186 Å². The molecular weight excluding hydrogens is 415 g/mol. The number of urea groups is 1. The lowest BCUT2D eigenvalue weighted by Crippen LogP contribution is -2.35. The van der Waals surface area contributed by atoms with Crippen molar-refractivity contribution in [3.63, 3.8) is 0 Å². The number of ether oxygens (including phenoxy) is 1. The maximum Gasteiger partial charge on any atom is 0.326 e. The highest BCUT2D eigenvalue weighted by Gasteiger charge is 2.23. The number of nitrogens with one attached hydrogen (secondary N) is 3. The molecule has 10 heteroatoms. The summed E-state index contributed by atoms with van der Waals surface area (Å²) in [6, 6.07) is 5.84. The summed E-state index contributed by atoms with van der Waals surface area (Å²) in [7, 11) is 0. The molecule has 2 amide bonds. The summed E-state index contributed by atoms with van der Waals surface area (Å²) in [4.78, 5) is 34.1. The molecule has 5 N–H and O–H groups in total. The van der Waals surface area contributed by atoms with Gasteiger partial charge in [-0.2, -0.15) is 4.98 Å². The van der Waals surface area contributed by atoms with Crippen LogP contribution in [0.1, 0.15) is 43.6 Å². The Kier molecular flexibility index (Phi) is 9.00. The molecule has 3 rings (SSSR count). The van der Waals surface area contributed by atoms with E-state index in [4.69, 9.17) is 10.5 Å². The van der Waals surface area contributed by atoms with Crippen LogP contribution in [0.15, 0.2) is 35.3 Å². The van der Waals surface area contributed by atoms with Crippen molar-refractivity contribution in [1.82, 2.24) is 14.9 Å². The van der Waals surface area contributed by atoms with Crippen LogP contribution in [-0.2, 0) is 0 Å². The van der Waals surface area contributed by atoms with Crippen LogP contribution in [0.2, 0.25) is 0 Å². The van der Waals surface area contributed by atoms with Gasteiger partial charge < -0.3 is 25.7 Å². The van der Waals surface area contributed by atoms with Gasteiger partial charge in [0.2, 0.25) is 12.8 Å². The third kappa shape index (κ3) is 6.76. The van der Waals surface area contributed by atoms with Gasteiger partial charge in [-0.1, -0.05) is 18.6 Å². The second-order valence-electron chi connectivity index (χ2n) is 7.80. The molecule has 0 radical (unpaired) electrons. The molecule has 9 nitrogen and oxygen atoms in total. The van der Waals surface area contributed by atoms with Gasteiger partial charge in [0.1, 0.15) is 5.75 Å².